The molecule has 0 saturated heterocycles. The normalized spacial score (nSPS) is 15.6. The second-order valence-electron chi connectivity index (χ2n) is 4.24. The Morgan fingerprint density at radius 2 is 1.71 bits per heavy atom. The van der Waals surface area contributed by atoms with Crippen molar-refractivity contribution in [3.63, 3.8) is 0 Å². The minimum Gasteiger partial charge on any atom is -0.166 e. The van der Waals surface area contributed by atoms with Crippen LogP contribution in [0.2, 0.25) is 0 Å². The number of hydrogen-bond acceptors (Lipinski definition) is 0. The molecule has 0 amide bonds. The second kappa shape index (κ2) is 5.89. The van der Waals surface area contributed by atoms with Crippen molar-refractivity contribution >= 4 is 15.9 Å². The number of benzene rings is 1. The molecule has 2 unspecified atom stereocenters. The molecule has 0 nitrogen and oxygen atoms in total. The van der Waals surface area contributed by atoms with Gasteiger partial charge in [0.25, 0.3) is 0 Å². The summed E-state index contributed by atoms with van der Waals surface area (Å²) in [4.78, 5) is 0.370. The van der Waals surface area contributed by atoms with E-state index in [9.17, 15) is 13.2 Å². The molecule has 2 atom stereocenters. The molecule has 0 aliphatic heterocycles. The summed E-state index contributed by atoms with van der Waals surface area (Å²) in [5.41, 5.74) is 0.373. The summed E-state index contributed by atoms with van der Waals surface area (Å²) in [5.74, 6) is 0.451. The van der Waals surface area contributed by atoms with E-state index >= 15 is 0 Å². The molecule has 0 bridgehead atoms. The smallest absolute Gasteiger partial charge is 0.166 e. The first-order valence-electron chi connectivity index (χ1n) is 5.64. The molecule has 0 fully saturated rings. The third-order valence-electron chi connectivity index (χ3n) is 2.95. The second-order valence-corrected chi connectivity index (χ2v) is 5.69. The van der Waals surface area contributed by atoms with Crippen LogP contribution in [-0.2, 0) is 12.6 Å². The Labute approximate surface area is 108 Å². The molecule has 0 heterocycles. The maximum atomic E-state index is 12.4. The average molecular weight is 309 g/mol. The van der Waals surface area contributed by atoms with Crippen molar-refractivity contribution in [2.75, 3.05) is 0 Å². The zero-order chi connectivity index (χ0) is 13.1. The van der Waals surface area contributed by atoms with Crippen LogP contribution in [0, 0.1) is 5.92 Å². The molecule has 96 valence electrons. The summed E-state index contributed by atoms with van der Waals surface area (Å²) in [5, 5.41) is 0. The SMILES string of the molecule is CCC(Cc1ccc(C(F)(F)F)cc1)C(C)Br. The van der Waals surface area contributed by atoms with Gasteiger partial charge in [-0.3, -0.25) is 0 Å². The maximum absolute atomic E-state index is 12.4. The molecule has 1 aromatic carbocycles. The van der Waals surface area contributed by atoms with Crippen LogP contribution in [0.5, 0.6) is 0 Å². The van der Waals surface area contributed by atoms with Gasteiger partial charge in [0.2, 0.25) is 0 Å². The van der Waals surface area contributed by atoms with Gasteiger partial charge < -0.3 is 0 Å². The lowest BCUT2D eigenvalue weighted by Crippen LogP contribution is -2.13. The monoisotopic (exact) mass is 308 g/mol. The van der Waals surface area contributed by atoms with E-state index in [2.05, 4.69) is 29.8 Å². The summed E-state index contributed by atoms with van der Waals surface area (Å²) >= 11 is 3.52. The largest absolute Gasteiger partial charge is 0.416 e. The van der Waals surface area contributed by atoms with Crippen LogP contribution < -0.4 is 0 Å². The molecule has 0 aliphatic rings. The van der Waals surface area contributed by atoms with Gasteiger partial charge in [-0.2, -0.15) is 13.2 Å². The first-order valence-corrected chi connectivity index (χ1v) is 6.56. The number of halogens is 4. The van der Waals surface area contributed by atoms with Crippen molar-refractivity contribution in [3.05, 3.63) is 35.4 Å². The highest BCUT2D eigenvalue weighted by Crippen LogP contribution is 2.30. The minimum atomic E-state index is -4.24. The van der Waals surface area contributed by atoms with Crippen molar-refractivity contribution in [1.82, 2.24) is 0 Å². The van der Waals surface area contributed by atoms with Crippen molar-refractivity contribution < 1.29 is 13.2 Å². The van der Waals surface area contributed by atoms with Gasteiger partial charge in [-0.1, -0.05) is 48.3 Å². The fourth-order valence-electron chi connectivity index (χ4n) is 1.76. The molecule has 0 N–H and O–H groups in total. The van der Waals surface area contributed by atoms with Gasteiger partial charge in [-0.15, -0.1) is 0 Å². The van der Waals surface area contributed by atoms with Crippen LogP contribution in [0.4, 0.5) is 13.2 Å². The van der Waals surface area contributed by atoms with Crippen molar-refractivity contribution in [1.29, 1.82) is 0 Å². The predicted molar refractivity (Wildman–Crippen MR) is 67.3 cm³/mol. The Kier molecular flexibility index (Phi) is 5.04. The van der Waals surface area contributed by atoms with Crippen LogP contribution in [0.25, 0.3) is 0 Å². The van der Waals surface area contributed by atoms with Gasteiger partial charge in [-0.25, -0.2) is 0 Å². The summed E-state index contributed by atoms with van der Waals surface area (Å²) in [6.45, 7) is 4.16. The highest BCUT2D eigenvalue weighted by atomic mass is 79.9. The lowest BCUT2D eigenvalue weighted by atomic mass is 9.94. The molecule has 1 aromatic rings. The Bertz CT molecular complexity index is 341. The van der Waals surface area contributed by atoms with Gasteiger partial charge in [0, 0.05) is 4.83 Å². The zero-order valence-electron chi connectivity index (χ0n) is 9.89. The molecule has 0 aliphatic carbocycles. The molecule has 0 aromatic heterocycles. The summed E-state index contributed by atoms with van der Waals surface area (Å²) in [6, 6.07) is 5.45. The average Bonchev–Trinajstić information content (AvgIpc) is 2.25. The molecule has 4 heteroatoms. The highest BCUT2D eigenvalue weighted by Gasteiger charge is 2.30. The quantitative estimate of drug-likeness (QED) is 0.682. The van der Waals surface area contributed by atoms with Gasteiger partial charge in [-0.05, 0) is 30.0 Å². The van der Waals surface area contributed by atoms with E-state index in [1.54, 1.807) is 12.1 Å². The van der Waals surface area contributed by atoms with Crippen LogP contribution >= 0.6 is 15.9 Å². The molecule has 17 heavy (non-hydrogen) atoms. The van der Waals surface area contributed by atoms with Crippen LogP contribution in [-0.4, -0.2) is 4.83 Å². The van der Waals surface area contributed by atoms with Gasteiger partial charge in [0.1, 0.15) is 0 Å². The van der Waals surface area contributed by atoms with E-state index in [0.29, 0.717) is 10.7 Å². The number of hydrogen-bond donors (Lipinski definition) is 0. The fraction of sp³-hybridized carbons (Fsp3) is 0.538. The summed E-state index contributed by atoms with van der Waals surface area (Å²) < 4.78 is 37.1. The van der Waals surface area contributed by atoms with E-state index < -0.39 is 11.7 Å². The first kappa shape index (κ1) is 14.6. The van der Waals surface area contributed by atoms with E-state index in [1.807, 2.05) is 0 Å². The Morgan fingerprint density at radius 3 is 2.06 bits per heavy atom. The minimum absolute atomic E-state index is 0.370. The summed E-state index contributed by atoms with van der Waals surface area (Å²) in [6.07, 6.45) is -2.43. The molecular weight excluding hydrogens is 293 g/mol. The van der Waals surface area contributed by atoms with Crippen molar-refractivity contribution in [2.24, 2.45) is 5.92 Å². The Balaban J connectivity index is 2.75. The van der Waals surface area contributed by atoms with E-state index in [1.165, 1.54) is 0 Å². The molecule has 0 radical (unpaired) electrons. The lowest BCUT2D eigenvalue weighted by Gasteiger charge is -2.17. The van der Waals surface area contributed by atoms with E-state index in [4.69, 9.17) is 0 Å². The number of alkyl halides is 4. The van der Waals surface area contributed by atoms with Crippen LogP contribution in [0.3, 0.4) is 0 Å². The van der Waals surface area contributed by atoms with Crippen molar-refractivity contribution in [2.45, 2.75) is 37.7 Å². The Morgan fingerprint density at radius 1 is 1.18 bits per heavy atom. The third-order valence-corrected chi connectivity index (χ3v) is 3.70. The highest BCUT2D eigenvalue weighted by molar-refractivity contribution is 9.09. The van der Waals surface area contributed by atoms with Crippen molar-refractivity contribution in [3.8, 4) is 0 Å². The molecule has 1 rings (SSSR count). The van der Waals surface area contributed by atoms with E-state index in [0.717, 1.165) is 30.5 Å². The van der Waals surface area contributed by atoms with Crippen LogP contribution in [0.1, 0.15) is 31.4 Å². The zero-order valence-corrected chi connectivity index (χ0v) is 11.5. The molecule has 0 saturated carbocycles. The topological polar surface area (TPSA) is 0 Å². The Hall–Kier alpha value is -0.510. The van der Waals surface area contributed by atoms with Gasteiger partial charge >= 0.3 is 6.18 Å². The molecular formula is C13H16BrF3. The first-order chi connectivity index (χ1) is 7.84. The summed E-state index contributed by atoms with van der Waals surface area (Å²) in [7, 11) is 0. The van der Waals surface area contributed by atoms with Crippen LogP contribution in [0.15, 0.2) is 24.3 Å². The van der Waals surface area contributed by atoms with Gasteiger partial charge in [0.05, 0.1) is 5.56 Å². The van der Waals surface area contributed by atoms with E-state index in [-0.39, 0.29) is 0 Å². The third kappa shape index (κ3) is 4.34. The predicted octanol–water partition coefficient (Wildman–Crippen LogP) is 5.06. The molecule has 0 spiro atoms. The maximum Gasteiger partial charge on any atom is 0.416 e. The standard InChI is InChI=1S/C13H16BrF3/c1-3-11(9(2)14)8-10-4-6-12(7-5-10)13(15,16)17/h4-7,9,11H,3,8H2,1-2H3. The fourth-order valence-corrected chi connectivity index (χ4v) is 2.32. The number of rotatable bonds is 4. The lowest BCUT2D eigenvalue weighted by molar-refractivity contribution is -0.137. The van der Waals surface area contributed by atoms with Gasteiger partial charge in [0.15, 0.2) is 0 Å².